The number of carbonyl (C=O) groups is 1. The highest BCUT2D eigenvalue weighted by Crippen LogP contribution is 2.36. The Morgan fingerprint density at radius 2 is 1.50 bits per heavy atom. The molecule has 5 N–H and O–H groups in total. The van der Waals surface area contributed by atoms with Gasteiger partial charge in [0.2, 0.25) is 5.91 Å². The molecular weight excluding hydrogens is 364 g/mol. The number of carbonyl (C=O) groups excluding carboxylic acids is 1. The molecule has 10 heteroatoms. The lowest BCUT2D eigenvalue weighted by molar-refractivity contribution is -0.143. The summed E-state index contributed by atoms with van der Waals surface area (Å²) in [7, 11) is 0. The number of alkyl halides is 6. The topological polar surface area (TPSA) is 76.1 Å². The molecule has 1 aromatic rings. The molecule has 1 aromatic carbocycles. The number of hydrogen-bond donors (Lipinski definition) is 3. The smallest absolute Gasteiger partial charge is 0.352 e. The summed E-state index contributed by atoms with van der Waals surface area (Å²) in [5.41, 5.74) is -3.70. The van der Waals surface area contributed by atoms with E-state index in [-0.39, 0.29) is 23.7 Å². The van der Waals surface area contributed by atoms with Crippen molar-refractivity contribution >= 4 is 5.91 Å². The van der Waals surface area contributed by atoms with E-state index in [1.165, 1.54) is 0 Å². The van der Waals surface area contributed by atoms with Gasteiger partial charge in [0, 0.05) is 12.0 Å². The van der Waals surface area contributed by atoms with Crippen LogP contribution < -0.4 is 16.8 Å². The molecule has 0 spiro atoms. The molecular formula is C16H21F6N3O. The van der Waals surface area contributed by atoms with Crippen molar-refractivity contribution in [2.24, 2.45) is 5.41 Å². The average Bonchev–Trinajstić information content (AvgIpc) is 2.51. The first-order valence-electron chi connectivity index (χ1n) is 7.69. The van der Waals surface area contributed by atoms with Crippen molar-refractivity contribution in [3.05, 3.63) is 34.9 Å². The van der Waals surface area contributed by atoms with Crippen molar-refractivity contribution in [2.45, 2.75) is 38.7 Å². The predicted octanol–water partition coefficient (Wildman–Crippen LogP) is 3.89. The highest BCUT2D eigenvalue weighted by Gasteiger charge is 2.37. The lowest BCUT2D eigenvalue weighted by Crippen LogP contribution is -2.45. The van der Waals surface area contributed by atoms with E-state index in [0.29, 0.717) is 38.1 Å². The van der Waals surface area contributed by atoms with Crippen LogP contribution in [0.25, 0.3) is 0 Å². The van der Waals surface area contributed by atoms with Gasteiger partial charge in [0.05, 0.1) is 11.1 Å². The third-order valence-corrected chi connectivity index (χ3v) is 4.36. The Hall–Kier alpha value is -1.81. The van der Waals surface area contributed by atoms with Crippen LogP contribution in [0, 0.1) is 5.41 Å². The zero-order valence-corrected chi connectivity index (χ0v) is 14.2. The molecule has 1 fully saturated rings. The van der Waals surface area contributed by atoms with Gasteiger partial charge in [0.1, 0.15) is 0 Å². The molecule has 1 amide bonds. The number of nitrogens with one attached hydrogen (secondary N) is 2. The molecule has 2 rings (SSSR count). The molecule has 26 heavy (non-hydrogen) atoms. The number of rotatable bonds is 3. The summed E-state index contributed by atoms with van der Waals surface area (Å²) >= 11 is 0. The van der Waals surface area contributed by atoms with Crippen LogP contribution >= 0.6 is 0 Å². The summed E-state index contributed by atoms with van der Waals surface area (Å²) in [6, 6.07) is 1.32. The molecule has 1 heterocycles. The Morgan fingerprint density at radius 1 is 1.04 bits per heavy atom. The van der Waals surface area contributed by atoms with Gasteiger partial charge >= 0.3 is 12.4 Å². The summed E-state index contributed by atoms with van der Waals surface area (Å²) in [6.07, 6.45) is -8.70. The van der Waals surface area contributed by atoms with Gasteiger partial charge in [-0.25, -0.2) is 0 Å². The molecule has 0 bridgehead atoms. The van der Waals surface area contributed by atoms with Gasteiger partial charge in [-0.05, 0) is 49.7 Å². The quantitative estimate of drug-likeness (QED) is 0.691. The Kier molecular flexibility index (Phi) is 6.69. The Bertz CT molecular complexity index is 604. The van der Waals surface area contributed by atoms with Crippen molar-refractivity contribution in [3.8, 4) is 0 Å². The van der Waals surface area contributed by atoms with Crippen molar-refractivity contribution < 1.29 is 31.1 Å². The van der Waals surface area contributed by atoms with Crippen LogP contribution in [0.15, 0.2) is 18.2 Å². The summed E-state index contributed by atoms with van der Waals surface area (Å²) in [5, 5.41) is 5.55. The third-order valence-electron chi connectivity index (χ3n) is 4.36. The van der Waals surface area contributed by atoms with Gasteiger partial charge in [0.15, 0.2) is 0 Å². The first-order chi connectivity index (χ1) is 11.4. The lowest BCUT2D eigenvalue weighted by atomic mass is 9.80. The zero-order chi connectivity index (χ0) is 18.9. The first-order valence-corrected chi connectivity index (χ1v) is 7.69. The maximum absolute atomic E-state index is 12.8. The van der Waals surface area contributed by atoms with Gasteiger partial charge < -0.3 is 16.8 Å². The number of hydrogen-bond acceptors (Lipinski definition) is 3. The van der Waals surface area contributed by atoms with Crippen molar-refractivity contribution in [1.82, 2.24) is 16.8 Å². The summed E-state index contributed by atoms with van der Waals surface area (Å²) < 4.78 is 77.0. The second-order valence-electron chi connectivity index (χ2n) is 6.41. The minimum atomic E-state index is -4.90. The van der Waals surface area contributed by atoms with E-state index in [1.54, 1.807) is 6.92 Å². The van der Waals surface area contributed by atoms with E-state index in [2.05, 4.69) is 10.6 Å². The molecule has 1 saturated heterocycles. The van der Waals surface area contributed by atoms with E-state index in [1.807, 2.05) is 0 Å². The summed E-state index contributed by atoms with van der Waals surface area (Å²) in [6.45, 7) is 2.60. The molecule has 0 atom stereocenters. The van der Waals surface area contributed by atoms with Gasteiger partial charge in [-0.2, -0.15) is 26.3 Å². The Labute approximate surface area is 146 Å². The highest BCUT2D eigenvalue weighted by atomic mass is 19.4. The van der Waals surface area contributed by atoms with E-state index < -0.39 is 35.4 Å². The lowest BCUT2D eigenvalue weighted by Gasteiger charge is -2.32. The molecule has 0 aliphatic carbocycles. The van der Waals surface area contributed by atoms with Gasteiger partial charge in [0.25, 0.3) is 0 Å². The van der Waals surface area contributed by atoms with Gasteiger partial charge in [-0.15, -0.1) is 0 Å². The fraction of sp³-hybridized carbons (Fsp3) is 0.562. The molecule has 0 unspecified atom stereocenters. The van der Waals surface area contributed by atoms with Crippen LogP contribution in [0.1, 0.15) is 36.5 Å². The number of benzene rings is 1. The monoisotopic (exact) mass is 385 g/mol. The second-order valence-corrected chi connectivity index (χ2v) is 6.41. The second kappa shape index (κ2) is 7.83. The normalized spacial score (nSPS) is 17.3. The fourth-order valence-electron chi connectivity index (χ4n) is 2.72. The molecule has 4 nitrogen and oxygen atoms in total. The zero-order valence-electron chi connectivity index (χ0n) is 14.2. The van der Waals surface area contributed by atoms with Crippen molar-refractivity contribution in [3.63, 3.8) is 0 Å². The molecule has 148 valence electrons. The standard InChI is InChI=1S/C16H18F6N2O.H3N/c1-14(2-4-23-5-3-14)13(25)24-9-10-6-11(15(17,18)19)8-12(7-10)16(20,21)22;/h6-8,23H,2-5,9H2,1H3,(H,24,25);1H3. The maximum Gasteiger partial charge on any atom is 0.416 e. The SMILES string of the molecule is CC1(C(=O)NCc2cc(C(F)(F)F)cc(C(F)(F)F)c2)CCNCC1.N. The van der Waals surface area contributed by atoms with Gasteiger partial charge in [-0.3, -0.25) is 4.79 Å². The van der Waals surface area contributed by atoms with E-state index in [9.17, 15) is 31.1 Å². The first kappa shape index (κ1) is 22.2. The average molecular weight is 385 g/mol. The fourth-order valence-corrected chi connectivity index (χ4v) is 2.72. The minimum absolute atomic E-state index is 0. The predicted molar refractivity (Wildman–Crippen MR) is 83.5 cm³/mol. The molecule has 0 radical (unpaired) electrons. The van der Waals surface area contributed by atoms with Crippen LogP contribution in [-0.4, -0.2) is 19.0 Å². The van der Waals surface area contributed by atoms with Crippen LogP contribution in [0.2, 0.25) is 0 Å². The largest absolute Gasteiger partial charge is 0.416 e. The third kappa shape index (κ3) is 5.34. The summed E-state index contributed by atoms with van der Waals surface area (Å²) in [5.74, 6) is -0.375. The van der Waals surface area contributed by atoms with E-state index >= 15 is 0 Å². The molecule has 1 aliphatic rings. The minimum Gasteiger partial charge on any atom is -0.352 e. The maximum atomic E-state index is 12.8. The molecule has 1 aliphatic heterocycles. The van der Waals surface area contributed by atoms with Crippen molar-refractivity contribution in [2.75, 3.05) is 13.1 Å². The van der Waals surface area contributed by atoms with E-state index in [4.69, 9.17) is 0 Å². The molecule has 0 aromatic heterocycles. The Morgan fingerprint density at radius 3 is 1.92 bits per heavy atom. The van der Waals surface area contributed by atoms with Gasteiger partial charge in [-0.1, -0.05) is 6.92 Å². The summed E-state index contributed by atoms with van der Waals surface area (Å²) in [4.78, 5) is 12.3. The highest BCUT2D eigenvalue weighted by molar-refractivity contribution is 5.82. The van der Waals surface area contributed by atoms with Crippen molar-refractivity contribution in [1.29, 1.82) is 0 Å². The van der Waals surface area contributed by atoms with E-state index in [0.717, 1.165) is 0 Å². The Balaban J connectivity index is 0.00000338. The van der Waals surface area contributed by atoms with Crippen LogP contribution in [0.4, 0.5) is 26.3 Å². The molecule has 0 saturated carbocycles. The van der Waals surface area contributed by atoms with Crippen LogP contribution in [0.5, 0.6) is 0 Å². The van der Waals surface area contributed by atoms with Crippen LogP contribution in [0.3, 0.4) is 0 Å². The van der Waals surface area contributed by atoms with Crippen LogP contribution in [-0.2, 0) is 23.7 Å². The number of halogens is 6. The number of piperidine rings is 1. The number of amides is 1.